The maximum absolute atomic E-state index is 11.3. The van der Waals surface area contributed by atoms with E-state index in [9.17, 15) is 9.90 Å². The molecule has 1 N–H and O–H groups in total. The number of aromatic carboxylic acids is 1. The van der Waals surface area contributed by atoms with Crippen LogP contribution >= 0.6 is 0 Å². The summed E-state index contributed by atoms with van der Waals surface area (Å²) < 4.78 is 7.07. The van der Waals surface area contributed by atoms with Crippen LogP contribution in [0.5, 0.6) is 0 Å². The van der Waals surface area contributed by atoms with Crippen molar-refractivity contribution in [3.05, 3.63) is 47.1 Å². The number of nitrogens with zero attached hydrogens (tertiary/aromatic N) is 3. The van der Waals surface area contributed by atoms with Crippen LogP contribution in [0.15, 0.2) is 28.8 Å². The maximum Gasteiger partial charge on any atom is 0.337 e. The van der Waals surface area contributed by atoms with Gasteiger partial charge >= 0.3 is 5.97 Å². The molecule has 6 heteroatoms. The Bertz CT molecular complexity index is 817. The van der Waals surface area contributed by atoms with Gasteiger partial charge in [-0.05, 0) is 19.1 Å². The van der Waals surface area contributed by atoms with Crippen molar-refractivity contribution in [2.24, 2.45) is 0 Å². The van der Waals surface area contributed by atoms with E-state index in [1.165, 1.54) is 0 Å². The number of imidazole rings is 1. The van der Waals surface area contributed by atoms with Gasteiger partial charge in [0.05, 0.1) is 17.6 Å². The number of carbonyl (C=O) groups is 1. The lowest BCUT2D eigenvalue weighted by Gasteiger charge is -2.05. The zero-order valence-electron chi connectivity index (χ0n) is 11.8. The third kappa shape index (κ3) is 2.29. The second kappa shape index (κ2) is 5.05. The summed E-state index contributed by atoms with van der Waals surface area (Å²) in [4.78, 5) is 15.8. The van der Waals surface area contributed by atoms with E-state index in [1.54, 1.807) is 12.1 Å². The molecule has 0 atom stereocenters. The lowest BCUT2D eigenvalue weighted by atomic mass is 10.2. The highest BCUT2D eigenvalue weighted by atomic mass is 16.5. The fourth-order valence-corrected chi connectivity index (χ4v) is 2.47. The number of carboxylic acid groups (broad SMARTS) is 1. The lowest BCUT2D eigenvalue weighted by molar-refractivity contribution is 0.0699. The summed E-state index contributed by atoms with van der Waals surface area (Å²) in [6, 6.07) is 7.05. The van der Waals surface area contributed by atoms with Gasteiger partial charge < -0.3 is 14.2 Å². The van der Waals surface area contributed by atoms with Gasteiger partial charge in [-0.2, -0.15) is 0 Å². The van der Waals surface area contributed by atoms with Crippen molar-refractivity contribution in [2.45, 2.75) is 26.8 Å². The Balaban J connectivity index is 2.16. The number of benzene rings is 1. The van der Waals surface area contributed by atoms with Crippen molar-refractivity contribution in [3.8, 4) is 0 Å². The third-order valence-corrected chi connectivity index (χ3v) is 3.40. The Labute approximate surface area is 121 Å². The average Bonchev–Trinajstić information content (AvgIpc) is 3.03. The SMILES string of the molecule is CCc1nc2c(C(=O)O)cccc2n1Cc1cc(C)on1. The first-order valence-electron chi connectivity index (χ1n) is 6.73. The van der Waals surface area contributed by atoms with E-state index in [0.29, 0.717) is 18.5 Å². The molecule has 0 amide bonds. The molecular formula is C15H15N3O3. The van der Waals surface area contributed by atoms with Gasteiger partial charge in [0.25, 0.3) is 0 Å². The smallest absolute Gasteiger partial charge is 0.337 e. The van der Waals surface area contributed by atoms with Gasteiger partial charge in [0.15, 0.2) is 0 Å². The predicted octanol–water partition coefficient (Wildman–Crippen LogP) is 2.64. The van der Waals surface area contributed by atoms with Crippen LogP contribution in [-0.2, 0) is 13.0 Å². The largest absolute Gasteiger partial charge is 0.478 e. The predicted molar refractivity (Wildman–Crippen MR) is 76.4 cm³/mol. The molecule has 0 saturated carbocycles. The van der Waals surface area contributed by atoms with Gasteiger partial charge in [-0.25, -0.2) is 9.78 Å². The number of rotatable bonds is 4. The molecular weight excluding hydrogens is 270 g/mol. The minimum absolute atomic E-state index is 0.220. The highest BCUT2D eigenvalue weighted by Crippen LogP contribution is 2.22. The first-order valence-corrected chi connectivity index (χ1v) is 6.73. The summed E-state index contributed by atoms with van der Waals surface area (Å²) in [6.07, 6.45) is 0.713. The van der Waals surface area contributed by atoms with E-state index in [0.717, 1.165) is 22.8 Å². The van der Waals surface area contributed by atoms with Crippen molar-refractivity contribution >= 4 is 17.0 Å². The van der Waals surface area contributed by atoms with E-state index in [1.807, 2.05) is 30.5 Å². The van der Waals surface area contributed by atoms with Gasteiger partial charge in [0.1, 0.15) is 22.8 Å². The molecule has 6 nitrogen and oxygen atoms in total. The summed E-state index contributed by atoms with van der Waals surface area (Å²) in [5, 5.41) is 13.3. The minimum Gasteiger partial charge on any atom is -0.478 e. The van der Waals surface area contributed by atoms with Crippen LogP contribution in [0.4, 0.5) is 0 Å². The molecule has 0 unspecified atom stereocenters. The first kappa shape index (κ1) is 13.4. The highest BCUT2D eigenvalue weighted by molar-refractivity contribution is 6.01. The topological polar surface area (TPSA) is 81.1 Å². The molecule has 0 aliphatic carbocycles. The number of carboxylic acids is 1. The van der Waals surface area contributed by atoms with Crippen LogP contribution in [0.3, 0.4) is 0 Å². The van der Waals surface area contributed by atoms with Gasteiger partial charge in [0, 0.05) is 12.5 Å². The van der Waals surface area contributed by atoms with E-state index in [-0.39, 0.29) is 5.56 Å². The Morgan fingerprint density at radius 1 is 1.43 bits per heavy atom. The molecule has 0 bridgehead atoms. The minimum atomic E-state index is -0.967. The number of fused-ring (bicyclic) bond motifs is 1. The van der Waals surface area contributed by atoms with Crippen LogP contribution in [0.25, 0.3) is 11.0 Å². The lowest BCUT2D eigenvalue weighted by Crippen LogP contribution is -2.04. The van der Waals surface area contributed by atoms with Crippen LogP contribution < -0.4 is 0 Å². The second-order valence-electron chi connectivity index (χ2n) is 4.88. The molecule has 21 heavy (non-hydrogen) atoms. The zero-order valence-corrected chi connectivity index (χ0v) is 11.8. The Morgan fingerprint density at radius 2 is 2.24 bits per heavy atom. The summed E-state index contributed by atoms with van der Waals surface area (Å²) in [6.45, 7) is 4.35. The monoisotopic (exact) mass is 285 g/mol. The number of hydrogen-bond acceptors (Lipinski definition) is 4. The van der Waals surface area contributed by atoms with Crippen molar-refractivity contribution in [2.75, 3.05) is 0 Å². The zero-order chi connectivity index (χ0) is 15.0. The van der Waals surface area contributed by atoms with Crippen molar-refractivity contribution in [1.29, 1.82) is 0 Å². The van der Waals surface area contributed by atoms with Crippen LogP contribution in [0.1, 0.15) is 34.6 Å². The number of aromatic nitrogens is 3. The fourth-order valence-electron chi connectivity index (χ4n) is 2.47. The molecule has 2 aromatic heterocycles. The molecule has 2 heterocycles. The van der Waals surface area contributed by atoms with Gasteiger partial charge in [0.2, 0.25) is 0 Å². The van der Waals surface area contributed by atoms with Crippen molar-refractivity contribution in [3.63, 3.8) is 0 Å². The maximum atomic E-state index is 11.3. The van der Waals surface area contributed by atoms with Gasteiger partial charge in [-0.15, -0.1) is 0 Å². The molecule has 3 rings (SSSR count). The quantitative estimate of drug-likeness (QED) is 0.797. The summed E-state index contributed by atoms with van der Waals surface area (Å²) >= 11 is 0. The van der Waals surface area contributed by atoms with Gasteiger partial charge in [-0.1, -0.05) is 18.1 Å². The summed E-state index contributed by atoms with van der Waals surface area (Å²) in [5.41, 5.74) is 2.33. The van der Waals surface area contributed by atoms with Crippen LogP contribution in [0, 0.1) is 6.92 Å². The Morgan fingerprint density at radius 3 is 2.86 bits per heavy atom. The highest BCUT2D eigenvalue weighted by Gasteiger charge is 2.17. The number of para-hydroxylation sites is 1. The van der Waals surface area contributed by atoms with Gasteiger partial charge in [-0.3, -0.25) is 0 Å². The van der Waals surface area contributed by atoms with E-state index >= 15 is 0 Å². The van der Waals surface area contributed by atoms with Crippen LogP contribution in [0.2, 0.25) is 0 Å². The standard InChI is InChI=1S/C15H15N3O3/c1-3-13-16-14-11(15(19)20)5-4-6-12(14)18(13)8-10-7-9(2)21-17-10/h4-7H,3,8H2,1-2H3,(H,19,20). The summed E-state index contributed by atoms with van der Waals surface area (Å²) in [5.74, 6) is 0.614. The number of hydrogen-bond donors (Lipinski definition) is 1. The Kier molecular flexibility index (Phi) is 3.21. The molecule has 0 aliphatic heterocycles. The van der Waals surface area contributed by atoms with E-state index in [2.05, 4.69) is 10.1 Å². The van der Waals surface area contributed by atoms with Crippen molar-refractivity contribution < 1.29 is 14.4 Å². The first-order chi connectivity index (χ1) is 10.1. The molecule has 0 saturated heterocycles. The normalized spacial score (nSPS) is 11.1. The number of aryl methyl sites for hydroxylation is 2. The molecule has 0 fully saturated rings. The molecule has 0 aliphatic rings. The van der Waals surface area contributed by atoms with Crippen molar-refractivity contribution in [1.82, 2.24) is 14.7 Å². The molecule has 3 aromatic rings. The van der Waals surface area contributed by atoms with E-state index < -0.39 is 5.97 Å². The molecule has 108 valence electrons. The average molecular weight is 285 g/mol. The third-order valence-electron chi connectivity index (χ3n) is 3.40. The second-order valence-corrected chi connectivity index (χ2v) is 4.88. The summed E-state index contributed by atoms with van der Waals surface area (Å²) in [7, 11) is 0. The van der Waals surface area contributed by atoms with E-state index in [4.69, 9.17) is 4.52 Å². The van der Waals surface area contributed by atoms with Crippen LogP contribution in [-0.4, -0.2) is 25.8 Å². The molecule has 0 spiro atoms. The Hall–Kier alpha value is -2.63. The fraction of sp³-hybridized carbons (Fsp3) is 0.267. The molecule has 0 radical (unpaired) electrons. The molecule has 1 aromatic carbocycles.